The molecule has 1 atom stereocenters. The van der Waals surface area contributed by atoms with Gasteiger partial charge in [-0.2, -0.15) is 10.2 Å². The summed E-state index contributed by atoms with van der Waals surface area (Å²) < 4.78 is 0. The maximum absolute atomic E-state index is 5.63. The van der Waals surface area contributed by atoms with Gasteiger partial charge in [-0.1, -0.05) is 20.8 Å². The molecule has 0 aromatic carbocycles. The number of azo groups is 1. The summed E-state index contributed by atoms with van der Waals surface area (Å²) in [6.45, 7) is 18.3. The van der Waals surface area contributed by atoms with Crippen molar-refractivity contribution >= 4 is 0 Å². The molecule has 0 rings (SSSR count). The van der Waals surface area contributed by atoms with Crippen molar-refractivity contribution in [1.82, 2.24) is 0 Å². The number of hydrogen-bond acceptors (Lipinski definition) is 4. The lowest BCUT2D eigenvalue weighted by molar-refractivity contribution is -0.406. The van der Waals surface area contributed by atoms with Crippen LogP contribution in [0.25, 0.3) is 0 Å². The van der Waals surface area contributed by atoms with Crippen LogP contribution in [0, 0.1) is 5.92 Å². The van der Waals surface area contributed by atoms with Crippen molar-refractivity contribution in [3.63, 3.8) is 0 Å². The van der Waals surface area contributed by atoms with E-state index >= 15 is 0 Å². The molecule has 0 fully saturated rings. The minimum atomic E-state index is -0.728. The van der Waals surface area contributed by atoms with Crippen LogP contribution in [-0.2, 0) is 9.78 Å². The normalized spacial score (nSPS) is 17.2. The summed E-state index contributed by atoms with van der Waals surface area (Å²) in [6, 6.07) is 0. The summed E-state index contributed by atoms with van der Waals surface area (Å²) in [5, 5.41) is 8.71. The number of hydrogen-bond donors (Lipinski definition) is 0. The van der Waals surface area contributed by atoms with Gasteiger partial charge in [-0.3, -0.25) is 0 Å². The molecule has 4 nitrogen and oxygen atoms in total. The zero-order chi connectivity index (χ0) is 15.3. The molecule has 0 N–H and O–H groups in total. The third-order valence-corrected chi connectivity index (χ3v) is 2.65. The second kappa shape index (κ2) is 6.80. The van der Waals surface area contributed by atoms with Gasteiger partial charge >= 0.3 is 0 Å². The second-order valence-corrected chi connectivity index (χ2v) is 7.42. The Labute approximate surface area is 118 Å². The third kappa shape index (κ3) is 9.11. The molecule has 0 bridgehead atoms. The summed E-state index contributed by atoms with van der Waals surface area (Å²) in [4.78, 5) is 11.2. The molecule has 114 valence electrons. The fourth-order valence-corrected chi connectivity index (χ4v) is 1.37. The average Bonchev–Trinajstić information content (AvgIpc) is 2.23. The SMILES string of the molecule is CCC(C)(C)OOC(C)(CC(C)C)N=NC(C)(C)C. The fourth-order valence-electron chi connectivity index (χ4n) is 1.37. The Morgan fingerprint density at radius 2 is 1.42 bits per heavy atom. The molecule has 0 aliphatic rings. The van der Waals surface area contributed by atoms with Crippen LogP contribution in [0.1, 0.15) is 75.2 Å². The van der Waals surface area contributed by atoms with Gasteiger partial charge in [-0.05, 0) is 53.9 Å². The molecule has 0 aliphatic heterocycles. The van der Waals surface area contributed by atoms with Gasteiger partial charge in [-0.25, -0.2) is 9.78 Å². The standard InChI is InChI=1S/C15H32N2O2/c1-10-14(7,8)18-19-15(9,11-12(2)3)17-16-13(4,5)6/h12H,10-11H2,1-9H3. The highest BCUT2D eigenvalue weighted by Crippen LogP contribution is 2.28. The minimum absolute atomic E-state index is 0.206. The monoisotopic (exact) mass is 272 g/mol. The van der Waals surface area contributed by atoms with E-state index in [9.17, 15) is 0 Å². The van der Waals surface area contributed by atoms with Crippen molar-refractivity contribution in [3.05, 3.63) is 0 Å². The van der Waals surface area contributed by atoms with Crippen LogP contribution >= 0.6 is 0 Å². The molecule has 0 aromatic rings. The first-order valence-electron chi connectivity index (χ1n) is 7.20. The second-order valence-electron chi connectivity index (χ2n) is 7.42. The Balaban J connectivity index is 4.83. The van der Waals surface area contributed by atoms with Crippen LogP contribution in [0.4, 0.5) is 0 Å². The quantitative estimate of drug-likeness (QED) is 0.366. The van der Waals surface area contributed by atoms with E-state index in [2.05, 4.69) is 31.0 Å². The van der Waals surface area contributed by atoms with E-state index in [1.165, 1.54) is 0 Å². The van der Waals surface area contributed by atoms with Crippen molar-refractivity contribution in [3.8, 4) is 0 Å². The Morgan fingerprint density at radius 3 is 1.79 bits per heavy atom. The molecular weight excluding hydrogens is 240 g/mol. The molecule has 19 heavy (non-hydrogen) atoms. The number of rotatable bonds is 7. The molecular formula is C15H32N2O2. The van der Waals surface area contributed by atoms with Gasteiger partial charge in [0.1, 0.15) is 0 Å². The van der Waals surface area contributed by atoms with Crippen LogP contribution in [0.3, 0.4) is 0 Å². The predicted octanol–water partition coefficient (Wildman–Crippen LogP) is 5.14. The van der Waals surface area contributed by atoms with Crippen molar-refractivity contribution in [2.24, 2.45) is 16.1 Å². The van der Waals surface area contributed by atoms with Gasteiger partial charge in [0.15, 0.2) is 0 Å². The molecule has 0 heterocycles. The predicted molar refractivity (Wildman–Crippen MR) is 79.0 cm³/mol. The first-order valence-corrected chi connectivity index (χ1v) is 7.20. The Hall–Kier alpha value is -0.480. The molecule has 4 heteroatoms. The lowest BCUT2D eigenvalue weighted by Crippen LogP contribution is -2.34. The summed E-state index contributed by atoms with van der Waals surface area (Å²) in [5.74, 6) is 0.456. The van der Waals surface area contributed by atoms with Crippen LogP contribution in [0.15, 0.2) is 10.2 Å². The minimum Gasteiger partial charge on any atom is -0.228 e. The highest BCUT2D eigenvalue weighted by Gasteiger charge is 2.31. The topological polar surface area (TPSA) is 43.2 Å². The Kier molecular flexibility index (Phi) is 6.63. The highest BCUT2D eigenvalue weighted by atomic mass is 17.2. The molecule has 0 saturated heterocycles. The largest absolute Gasteiger partial charge is 0.228 e. The molecule has 0 aromatic heterocycles. The zero-order valence-corrected chi connectivity index (χ0v) is 14.2. The van der Waals surface area contributed by atoms with E-state index < -0.39 is 5.72 Å². The number of nitrogens with zero attached hydrogens (tertiary/aromatic N) is 2. The molecule has 0 radical (unpaired) electrons. The van der Waals surface area contributed by atoms with Gasteiger partial charge in [0.25, 0.3) is 0 Å². The van der Waals surface area contributed by atoms with Crippen LogP contribution < -0.4 is 0 Å². The van der Waals surface area contributed by atoms with Gasteiger partial charge in [0.05, 0.1) is 11.1 Å². The Bertz CT molecular complexity index is 293. The van der Waals surface area contributed by atoms with Crippen LogP contribution in [-0.4, -0.2) is 16.9 Å². The van der Waals surface area contributed by atoms with E-state index in [1.807, 2.05) is 41.5 Å². The smallest absolute Gasteiger partial charge is 0.209 e. The Morgan fingerprint density at radius 1 is 0.895 bits per heavy atom. The summed E-state index contributed by atoms with van der Waals surface area (Å²) >= 11 is 0. The molecule has 1 unspecified atom stereocenters. The maximum Gasteiger partial charge on any atom is 0.209 e. The van der Waals surface area contributed by atoms with E-state index in [-0.39, 0.29) is 11.1 Å². The first kappa shape index (κ1) is 18.5. The third-order valence-electron chi connectivity index (χ3n) is 2.65. The average molecular weight is 272 g/mol. The van der Waals surface area contributed by atoms with E-state index in [4.69, 9.17) is 9.78 Å². The maximum atomic E-state index is 5.63. The molecule has 0 spiro atoms. The zero-order valence-electron chi connectivity index (χ0n) is 14.2. The van der Waals surface area contributed by atoms with Crippen LogP contribution in [0.2, 0.25) is 0 Å². The van der Waals surface area contributed by atoms with E-state index in [1.54, 1.807) is 0 Å². The van der Waals surface area contributed by atoms with Crippen LogP contribution in [0.5, 0.6) is 0 Å². The van der Waals surface area contributed by atoms with Gasteiger partial charge < -0.3 is 0 Å². The fraction of sp³-hybridized carbons (Fsp3) is 1.00. The van der Waals surface area contributed by atoms with E-state index in [0.717, 1.165) is 12.8 Å². The van der Waals surface area contributed by atoms with Crippen molar-refractivity contribution in [1.29, 1.82) is 0 Å². The molecule has 0 aliphatic carbocycles. The van der Waals surface area contributed by atoms with Crippen molar-refractivity contribution in [2.45, 2.75) is 92.0 Å². The van der Waals surface area contributed by atoms with E-state index in [0.29, 0.717) is 5.92 Å². The van der Waals surface area contributed by atoms with Crippen molar-refractivity contribution < 1.29 is 9.78 Å². The lowest BCUT2D eigenvalue weighted by Gasteiger charge is -2.30. The first-order chi connectivity index (χ1) is 8.39. The van der Waals surface area contributed by atoms with Gasteiger partial charge in [0.2, 0.25) is 5.72 Å². The molecule has 0 saturated carbocycles. The summed E-state index contributed by atoms with van der Waals surface area (Å²) in [7, 11) is 0. The summed E-state index contributed by atoms with van der Waals surface area (Å²) in [6.07, 6.45) is 1.65. The summed E-state index contributed by atoms with van der Waals surface area (Å²) in [5.41, 5.74) is -1.24. The molecule has 0 amide bonds. The highest BCUT2D eigenvalue weighted by molar-refractivity contribution is 4.75. The van der Waals surface area contributed by atoms with Crippen molar-refractivity contribution in [2.75, 3.05) is 0 Å². The van der Waals surface area contributed by atoms with Gasteiger partial charge in [0, 0.05) is 6.42 Å². The lowest BCUT2D eigenvalue weighted by atomic mass is 10.0. The van der Waals surface area contributed by atoms with Gasteiger partial charge in [-0.15, -0.1) is 0 Å².